The summed E-state index contributed by atoms with van der Waals surface area (Å²) in [5, 5.41) is 15.8. The van der Waals surface area contributed by atoms with Crippen LogP contribution in [0.4, 0.5) is 0 Å². The second-order valence-electron chi connectivity index (χ2n) is 31.5. The van der Waals surface area contributed by atoms with E-state index in [2.05, 4.69) is 25.0 Å². The van der Waals surface area contributed by atoms with Crippen LogP contribution in [0, 0.1) is 0 Å². The Morgan fingerprint density at radius 3 is 1.13 bits per heavy atom. The van der Waals surface area contributed by atoms with Gasteiger partial charge < -0.3 is 100 Å². The molecule has 23 heteroatoms. The van der Waals surface area contributed by atoms with E-state index in [-0.39, 0.29) is 72.7 Å². The number of hydrogen-bond acceptors (Lipinski definition) is 21. The predicted octanol–water partition coefficient (Wildman–Crippen LogP) is 13.9. The molecule has 0 spiro atoms. The highest BCUT2D eigenvalue weighted by atomic mass is 28.3. The number of carbonyl (C=O) groups is 1. The summed E-state index contributed by atoms with van der Waals surface area (Å²) in [7, 11) is -1.69. The summed E-state index contributed by atoms with van der Waals surface area (Å²) in [4.78, 5) is 13.7. The molecule has 0 aliphatic carbocycles. The third kappa shape index (κ3) is 22.9. The minimum absolute atomic E-state index is 0.00535. The number of aliphatic hydroxyl groups excluding tert-OH is 1. The number of nitrogens with one attached hydrogen (secondary N) is 1. The van der Waals surface area contributed by atoms with Gasteiger partial charge in [0.1, 0.15) is 97.6 Å². The normalized spacial score (nSPS) is 29.9. The monoisotopic (exact) mass is 1610 g/mol. The van der Waals surface area contributed by atoms with Crippen LogP contribution >= 0.6 is 0 Å². The smallest absolute Gasteiger partial charge is 0.217 e. The molecule has 15 rings (SSSR count). The van der Waals surface area contributed by atoms with Gasteiger partial charge in [-0.2, -0.15) is 0 Å². The van der Waals surface area contributed by atoms with E-state index in [1.165, 1.54) is 6.92 Å². The molecule has 0 aromatic heterocycles. The maximum Gasteiger partial charge on any atom is 0.217 e. The Bertz CT molecular complexity index is 4370. The predicted molar refractivity (Wildman–Crippen MR) is 434 cm³/mol. The fraction of sp³-hybridized carbons (Fsp3) is 0.415. The van der Waals surface area contributed by atoms with Gasteiger partial charge in [-0.15, -0.1) is 0 Å². The standard InChI is InChI=1S/C94H107NO21Si/c1-63(96)95-77-78(97)79-75(61-106-89(112-79)71-46-28-12-29-47-71)108-91(77)115-85-82-76(62-107-90(113-82)72-48-30-13-31-49-72)111-94(88(85)105-58-70-44-26-11-27-45-70)116-84-80(101-54-66-36-18-7-19-37-66)73(59-98-52-64-32-14-5-15-33-64)110-93(87(84)104-57-69-42-24-10-25-43-69)114-81-74(60-99-53-65-34-16-6-17-35-65)109-92(100-50-51-117(2,3)4)86(103-56-68-40-22-9-23-41-68)83(81)102-55-67-38-20-8-21-39-67/h5-49,73-94,97H,50-62H2,1-4H3,(H,95,96)/t73-,74-,75-,76-,77-,78-,79+,80+,81-,82+,83+,84+,85+,86-,87-,88-,89?,90?,91+,92-,93+,94-/m1/s1. The van der Waals surface area contributed by atoms with E-state index >= 15 is 0 Å². The second kappa shape index (κ2) is 41.7. The molecule has 618 valence electrons. The average molecular weight is 1610 g/mol. The number of amides is 1. The maximum atomic E-state index is 13.7. The lowest BCUT2D eigenvalue weighted by atomic mass is 9.93. The molecule has 6 aliphatic rings. The van der Waals surface area contributed by atoms with Crippen molar-refractivity contribution in [2.24, 2.45) is 0 Å². The van der Waals surface area contributed by atoms with Crippen LogP contribution in [0.5, 0.6) is 0 Å². The van der Waals surface area contributed by atoms with Gasteiger partial charge in [-0.1, -0.05) is 293 Å². The van der Waals surface area contributed by atoms with Gasteiger partial charge in [-0.25, -0.2) is 0 Å². The molecule has 117 heavy (non-hydrogen) atoms. The van der Waals surface area contributed by atoms with Crippen molar-refractivity contribution in [1.82, 2.24) is 5.32 Å². The molecule has 1 amide bonds. The van der Waals surface area contributed by atoms with Crippen molar-refractivity contribution >= 4 is 14.0 Å². The lowest BCUT2D eigenvalue weighted by molar-refractivity contribution is -0.418. The summed E-state index contributed by atoms with van der Waals surface area (Å²) in [6.45, 7) is 9.39. The van der Waals surface area contributed by atoms with Crippen molar-refractivity contribution in [3.63, 3.8) is 0 Å². The summed E-state index contributed by atoms with van der Waals surface area (Å²) in [6.07, 6.45) is -23.5. The van der Waals surface area contributed by atoms with E-state index in [4.69, 9.17) is 90.0 Å². The van der Waals surface area contributed by atoms with Crippen molar-refractivity contribution in [1.29, 1.82) is 0 Å². The van der Waals surface area contributed by atoms with E-state index in [1.54, 1.807) is 0 Å². The SMILES string of the molecule is CC(=O)N[C@H]1[C@H](O[C@H]2[C@H]3OC(c4ccccc4)OC[C@H]3O[C@H](O[C@H]3[C@@H](OCc4ccccc4)[C@@H](COCc4ccccc4)O[C@@H](O[C@H]4[C@H](OCc5ccccc5)[C@@H](OCc5ccccc5)[C@H](OCC[Si](C)(C)C)O[C@@H]4COCc4ccccc4)[C@@H]3OCc3ccccc3)[C@@H]2OCc2ccccc2)O[C@@H]2COC(c3ccccc3)O[C@@H]2[C@@H]1O. The van der Waals surface area contributed by atoms with Gasteiger partial charge in [0.2, 0.25) is 5.91 Å². The Labute approximate surface area is 685 Å². The Hall–Kier alpha value is -8.13. The molecule has 6 saturated heterocycles. The maximum absolute atomic E-state index is 13.7. The van der Waals surface area contributed by atoms with Crippen LogP contribution in [0.2, 0.25) is 25.7 Å². The Kier molecular flexibility index (Phi) is 29.9. The number of fused-ring (bicyclic) bond motifs is 2. The number of ether oxygens (including phenoxy) is 19. The molecule has 2 N–H and O–H groups in total. The summed E-state index contributed by atoms with van der Waals surface area (Å²) in [5.74, 6) is -0.460. The highest BCUT2D eigenvalue weighted by Gasteiger charge is 2.60. The van der Waals surface area contributed by atoms with E-state index in [9.17, 15) is 9.90 Å². The van der Waals surface area contributed by atoms with Crippen LogP contribution in [0.3, 0.4) is 0 Å². The number of rotatable bonds is 36. The third-order valence-electron chi connectivity index (χ3n) is 21.6. The summed E-state index contributed by atoms with van der Waals surface area (Å²) < 4.78 is 137. The highest BCUT2D eigenvalue weighted by Crippen LogP contribution is 2.44. The lowest BCUT2D eigenvalue weighted by Gasteiger charge is -2.54. The van der Waals surface area contributed by atoms with Gasteiger partial charge in [0.15, 0.2) is 37.7 Å². The van der Waals surface area contributed by atoms with Crippen LogP contribution in [0.1, 0.15) is 69.6 Å². The Balaban J connectivity index is 0.867. The Morgan fingerprint density at radius 2 is 0.692 bits per heavy atom. The van der Waals surface area contributed by atoms with Gasteiger partial charge in [-0.05, 0) is 45.0 Å². The van der Waals surface area contributed by atoms with Gasteiger partial charge in [-0.3, -0.25) is 4.79 Å². The van der Waals surface area contributed by atoms with Crippen LogP contribution in [0.25, 0.3) is 0 Å². The summed E-state index contributed by atoms with van der Waals surface area (Å²) >= 11 is 0. The van der Waals surface area contributed by atoms with E-state index in [0.29, 0.717) is 6.61 Å². The molecular weight excluding hydrogens is 1510 g/mol. The molecule has 2 unspecified atom stereocenters. The lowest BCUT2D eigenvalue weighted by Crippen LogP contribution is -2.71. The first-order chi connectivity index (χ1) is 57.4. The first-order valence-electron chi connectivity index (χ1n) is 40.7. The first-order valence-corrected chi connectivity index (χ1v) is 44.4. The van der Waals surface area contributed by atoms with Gasteiger partial charge >= 0.3 is 0 Å². The largest absolute Gasteiger partial charge is 0.388 e. The fourth-order valence-electron chi connectivity index (χ4n) is 15.5. The topological polar surface area (TPSA) is 225 Å². The van der Waals surface area contributed by atoms with Crippen LogP contribution in [-0.2, 0) is 141 Å². The molecule has 22 atom stereocenters. The molecule has 6 fully saturated rings. The van der Waals surface area contributed by atoms with Crippen molar-refractivity contribution in [3.05, 3.63) is 323 Å². The average Bonchev–Trinajstić information content (AvgIpc) is 0.750. The summed E-state index contributed by atoms with van der Waals surface area (Å²) in [6, 6.07) is 87.9. The molecule has 22 nitrogen and oxygen atoms in total. The zero-order chi connectivity index (χ0) is 80.1. The molecule has 9 aromatic rings. The number of benzene rings is 9. The molecule has 6 aliphatic heterocycles. The van der Waals surface area contributed by atoms with Gasteiger partial charge in [0.05, 0.1) is 72.7 Å². The van der Waals surface area contributed by atoms with Crippen LogP contribution in [-0.4, -0.2) is 175 Å². The van der Waals surface area contributed by atoms with Crippen molar-refractivity contribution < 1.29 is 99.9 Å². The molecule has 0 bridgehead atoms. The zero-order valence-corrected chi connectivity index (χ0v) is 67.5. The first kappa shape index (κ1) is 83.9. The molecule has 9 aromatic carbocycles. The van der Waals surface area contributed by atoms with E-state index in [0.717, 1.165) is 56.1 Å². The molecule has 6 heterocycles. The van der Waals surface area contributed by atoms with Crippen molar-refractivity contribution in [2.45, 2.75) is 214 Å². The quantitative estimate of drug-likeness (QED) is 0.0348. The number of carbonyl (C=O) groups excluding carboxylic acids is 1. The zero-order valence-electron chi connectivity index (χ0n) is 66.5. The fourth-order valence-corrected chi connectivity index (χ4v) is 16.2. The minimum atomic E-state index is -1.69. The third-order valence-corrected chi connectivity index (χ3v) is 23.3. The summed E-state index contributed by atoms with van der Waals surface area (Å²) in [5.41, 5.74) is 7.65. The van der Waals surface area contributed by atoms with Gasteiger partial charge in [0, 0.05) is 32.7 Å². The number of hydrogen-bond donors (Lipinski definition) is 2. The molecular formula is C94H107NO21Si. The second-order valence-corrected chi connectivity index (χ2v) is 37.2. The van der Waals surface area contributed by atoms with Gasteiger partial charge in [0.25, 0.3) is 0 Å². The Morgan fingerprint density at radius 1 is 0.359 bits per heavy atom. The van der Waals surface area contributed by atoms with E-state index < -0.39 is 149 Å². The minimum Gasteiger partial charge on any atom is -0.388 e. The van der Waals surface area contributed by atoms with Crippen LogP contribution < -0.4 is 5.32 Å². The molecule has 0 radical (unpaired) electrons. The van der Waals surface area contributed by atoms with Crippen molar-refractivity contribution in [2.75, 3.05) is 33.0 Å². The van der Waals surface area contributed by atoms with Crippen LogP contribution in [0.15, 0.2) is 273 Å². The number of aliphatic hydroxyl groups is 1. The van der Waals surface area contributed by atoms with Crippen molar-refractivity contribution in [3.8, 4) is 0 Å². The highest BCUT2D eigenvalue weighted by molar-refractivity contribution is 6.76. The van der Waals surface area contributed by atoms with E-state index in [1.807, 2.05) is 273 Å². The molecule has 0 saturated carbocycles.